The summed E-state index contributed by atoms with van der Waals surface area (Å²) in [5, 5.41) is 0. The maximum Gasteiger partial charge on any atom is 0.123 e. The van der Waals surface area contributed by atoms with Crippen molar-refractivity contribution in [2.45, 2.75) is 32.4 Å². The molecule has 1 aromatic rings. The molecule has 0 saturated carbocycles. The van der Waals surface area contributed by atoms with Crippen LogP contribution in [0.25, 0.3) is 0 Å². The summed E-state index contributed by atoms with van der Waals surface area (Å²) in [6.07, 6.45) is 2.71. The maximum absolute atomic E-state index is 5.69. The molecule has 0 aliphatic carbocycles. The van der Waals surface area contributed by atoms with E-state index >= 15 is 0 Å². The van der Waals surface area contributed by atoms with Crippen molar-refractivity contribution in [2.24, 2.45) is 0 Å². The number of hydrogen-bond acceptors (Lipinski definition) is 3. The molecule has 1 saturated heterocycles. The Kier molecular flexibility index (Phi) is 5.67. The lowest BCUT2D eigenvalue weighted by atomic mass is 10.1. The predicted octanol–water partition coefficient (Wildman–Crippen LogP) is 3.46. The van der Waals surface area contributed by atoms with Gasteiger partial charge in [-0.1, -0.05) is 15.9 Å². The van der Waals surface area contributed by atoms with Crippen LogP contribution in [-0.4, -0.2) is 37.8 Å². The molecular formula is C15H22BrNO2. The summed E-state index contributed by atoms with van der Waals surface area (Å²) in [6.45, 7) is 6.03. The van der Waals surface area contributed by atoms with Crippen LogP contribution in [0.5, 0.6) is 5.75 Å². The molecule has 1 aliphatic heterocycles. The summed E-state index contributed by atoms with van der Waals surface area (Å²) < 4.78 is 12.2. The smallest absolute Gasteiger partial charge is 0.123 e. The van der Waals surface area contributed by atoms with Gasteiger partial charge in [-0.05, 0) is 38.0 Å². The van der Waals surface area contributed by atoms with Gasteiger partial charge in [-0.2, -0.15) is 0 Å². The second kappa shape index (κ2) is 7.27. The van der Waals surface area contributed by atoms with Crippen molar-refractivity contribution < 1.29 is 9.47 Å². The predicted molar refractivity (Wildman–Crippen MR) is 80.6 cm³/mol. The average molecular weight is 328 g/mol. The first kappa shape index (κ1) is 14.8. The van der Waals surface area contributed by atoms with Gasteiger partial charge in [0.25, 0.3) is 0 Å². The first-order chi connectivity index (χ1) is 9.22. The highest BCUT2D eigenvalue weighted by Gasteiger charge is 2.20. The van der Waals surface area contributed by atoms with Gasteiger partial charge < -0.3 is 9.47 Å². The summed E-state index contributed by atoms with van der Waals surface area (Å²) in [6, 6.07) is 6.18. The zero-order chi connectivity index (χ0) is 13.7. The van der Waals surface area contributed by atoms with Crippen molar-refractivity contribution in [3.8, 4) is 5.75 Å². The Hall–Kier alpha value is -0.580. The second-order valence-corrected chi connectivity index (χ2v) is 5.80. The van der Waals surface area contributed by atoms with Gasteiger partial charge in [0.05, 0.1) is 13.2 Å². The Morgan fingerprint density at radius 2 is 2.05 bits per heavy atom. The number of likely N-dealkylation sites (tertiary alicyclic amines) is 1. The number of methoxy groups -OCH3 is 1. The van der Waals surface area contributed by atoms with Gasteiger partial charge in [0.1, 0.15) is 5.75 Å². The number of benzene rings is 1. The minimum atomic E-state index is 0.450. The Morgan fingerprint density at radius 3 is 2.68 bits per heavy atom. The maximum atomic E-state index is 5.69. The van der Waals surface area contributed by atoms with Gasteiger partial charge in [0.15, 0.2) is 0 Å². The number of halogens is 1. The van der Waals surface area contributed by atoms with E-state index in [0.717, 1.165) is 49.3 Å². The molecule has 2 rings (SSSR count). The van der Waals surface area contributed by atoms with Crippen LogP contribution in [0.3, 0.4) is 0 Å². The van der Waals surface area contributed by atoms with E-state index in [1.807, 2.05) is 12.1 Å². The molecule has 0 N–H and O–H groups in total. The fraction of sp³-hybridized carbons (Fsp3) is 0.600. The van der Waals surface area contributed by atoms with E-state index < -0.39 is 0 Å². The van der Waals surface area contributed by atoms with Crippen molar-refractivity contribution in [2.75, 3.05) is 26.8 Å². The van der Waals surface area contributed by atoms with Crippen LogP contribution in [0.1, 0.15) is 25.3 Å². The van der Waals surface area contributed by atoms with Crippen LogP contribution in [0.15, 0.2) is 22.7 Å². The van der Waals surface area contributed by atoms with E-state index in [0.29, 0.717) is 6.10 Å². The lowest BCUT2D eigenvalue weighted by Crippen LogP contribution is -2.36. The Labute approximate surface area is 124 Å². The lowest BCUT2D eigenvalue weighted by molar-refractivity contribution is 0.0124. The monoisotopic (exact) mass is 327 g/mol. The standard InChI is InChI=1S/C15H22BrNO2/c1-3-19-14-6-8-17(9-7-14)11-12-10-13(16)4-5-15(12)18-2/h4-5,10,14H,3,6-9,11H2,1-2H3. The highest BCUT2D eigenvalue weighted by molar-refractivity contribution is 9.10. The van der Waals surface area contributed by atoms with Gasteiger partial charge in [-0.25, -0.2) is 0 Å². The second-order valence-electron chi connectivity index (χ2n) is 4.89. The fourth-order valence-electron chi connectivity index (χ4n) is 2.58. The topological polar surface area (TPSA) is 21.7 Å². The normalized spacial score (nSPS) is 17.6. The first-order valence-corrected chi connectivity index (χ1v) is 7.68. The molecule has 0 unspecified atom stereocenters. The molecule has 0 radical (unpaired) electrons. The highest BCUT2D eigenvalue weighted by Crippen LogP contribution is 2.25. The van der Waals surface area contributed by atoms with Crippen molar-refractivity contribution in [3.05, 3.63) is 28.2 Å². The first-order valence-electron chi connectivity index (χ1n) is 6.89. The third-order valence-corrected chi connectivity index (χ3v) is 4.07. The molecule has 3 nitrogen and oxygen atoms in total. The number of rotatable bonds is 5. The molecule has 106 valence electrons. The summed E-state index contributed by atoms with van der Waals surface area (Å²) in [5.41, 5.74) is 1.24. The van der Waals surface area contributed by atoms with Crippen molar-refractivity contribution in [1.29, 1.82) is 0 Å². The summed E-state index contributed by atoms with van der Waals surface area (Å²) in [4.78, 5) is 2.47. The van der Waals surface area contributed by atoms with E-state index in [1.54, 1.807) is 7.11 Å². The van der Waals surface area contributed by atoms with Gasteiger partial charge in [-0.3, -0.25) is 4.90 Å². The minimum absolute atomic E-state index is 0.450. The van der Waals surface area contributed by atoms with Gasteiger partial charge >= 0.3 is 0 Å². The third kappa shape index (κ3) is 4.20. The van der Waals surface area contributed by atoms with Crippen LogP contribution in [0, 0.1) is 0 Å². The molecule has 0 aromatic heterocycles. The summed E-state index contributed by atoms with van der Waals surface area (Å²) in [7, 11) is 1.73. The number of nitrogens with zero attached hydrogens (tertiary/aromatic N) is 1. The molecule has 1 aliphatic rings. The molecular weight excluding hydrogens is 306 g/mol. The number of hydrogen-bond donors (Lipinski definition) is 0. The molecule has 0 atom stereocenters. The largest absolute Gasteiger partial charge is 0.496 e. The minimum Gasteiger partial charge on any atom is -0.496 e. The molecule has 0 spiro atoms. The quantitative estimate of drug-likeness (QED) is 0.826. The van der Waals surface area contributed by atoms with Crippen LogP contribution in [-0.2, 0) is 11.3 Å². The van der Waals surface area contributed by atoms with E-state index in [-0.39, 0.29) is 0 Å². The number of ether oxygens (including phenoxy) is 2. The molecule has 1 aromatic carbocycles. The summed E-state index contributed by atoms with van der Waals surface area (Å²) >= 11 is 3.53. The summed E-state index contributed by atoms with van der Waals surface area (Å²) in [5.74, 6) is 0.968. The van der Waals surface area contributed by atoms with Crippen LogP contribution in [0.4, 0.5) is 0 Å². The van der Waals surface area contributed by atoms with Crippen LogP contribution >= 0.6 is 15.9 Å². The van der Waals surface area contributed by atoms with Crippen molar-refractivity contribution in [3.63, 3.8) is 0 Å². The SMILES string of the molecule is CCOC1CCN(Cc2cc(Br)ccc2OC)CC1. The fourth-order valence-corrected chi connectivity index (χ4v) is 2.99. The lowest BCUT2D eigenvalue weighted by Gasteiger charge is -2.32. The zero-order valence-corrected chi connectivity index (χ0v) is 13.3. The Morgan fingerprint density at radius 1 is 1.32 bits per heavy atom. The van der Waals surface area contributed by atoms with E-state index in [9.17, 15) is 0 Å². The zero-order valence-electron chi connectivity index (χ0n) is 11.7. The Bertz CT molecular complexity index is 403. The van der Waals surface area contributed by atoms with Crippen LogP contribution < -0.4 is 4.74 Å². The van der Waals surface area contributed by atoms with Crippen molar-refractivity contribution >= 4 is 15.9 Å². The van der Waals surface area contributed by atoms with Crippen molar-refractivity contribution in [1.82, 2.24) is 4.90 Å². The molecule has 0 bridgehead atoms. The van der Waals surface area contributed by atoms with E-state index in [1.165, 1.54) is 5.56 Å². The Balaban J connectivity index is 1.93. The number of piperidine rings is 1. The van der Waals surface area contributed by atoms with E-state index in [4.69, 9.17) is 9.47 Å². The molecule has 19 heavy (non-hydrogen) atoms. The van der Waals surface area contributed by atoms with Crippen LogP contribution in [0.2, 0.25) is 0 Å². The average Bonchev–Trinajstić information content (AvgIpc) is 2.42. The molecule has 1 fully saturated rings. The van der Waals surface area contributed by atoms with Gasteiger partial charge in [-0.15, -0.1) is 0 Å². The van der Waals surface area contributed by atoms with Gasteiger partial charge in [0.2, 0.25) is 0 Å². The molecule has 4 heteroatoms. The van der Waals surface area contributed by atoms with E-state index in [2.05, 4.69) is 33.8 Å². The highest BCUT2D eigenvalue weighted by atomic mass is 79.9. The third-order valence-electron chi connectivity index (χ3n) is 3.57. The van der Waals surface area contributed by atoms with Gasteiger partial charge in [0, 0.05) is 36.3 Å². The molecule has 1 heterocycles. The molecule has 0 amide bonds.